The van der Waals surface area contributed by atoms with Crippen LogP contribution in [0.1, 0.15) is 31.7 Å². The Bertz CT molecular complexity index is 561. The summed E-state index contributed by atoms with van der Waals surface area (Å²) in [7, 11) is 0. The van der Waals surface area contributed by atoms with Gasteiger partial charge in [-0.05, 0) is 48.4 Å². The van der Waals surface area contributed by atoms with Crippen molar-refractivity contribution >= 4 is 23.5 Å². The van der Waals surface area contributed by atoms with Crippen LogP contribution in [0.2, 0.25) is 5.02 Å². The molecule has 0 bridgehead atoms. The van der Waals surface area contributed by atoms with Gasteiger partial charge in [0.05, 0.1) is 12.3 Å². The van der Waals surface area contributed by atoms with Gasteiger partial charge in [0.15, 0.2) is 0 Å². The predicted molar refractivity (Wildman–Crippen MR) is 90.2 cm³/mol. The van der Waals surface area contributed by atoms with Crippen molar-refractivity contribution in [3.63, 3.8) is 0 Å². The Morgan fingerprint density at radius 3 is 2.38 bits per heavy atom. The fourth-order valence-electron chi connectivity index (χ4n) is 1.87. The smallest absolute Gasteiger partial charge is 0.119 e. The van der Waals surface area contributed by atoms with Crippen molar-refractivity contribution in [2.24, 2.45) is 4.99 Å². The molecule has 0 atom stereocenters. The Kier molecular flexibility index (Phi) is 6.29. The number of rotatable bonds is 7. The van der Waals surface area contributed by atoms with Crippen LogP contribution in [-0.2, 0) is 0 Å². The maximum Gasteiger partial charge on any atom is 0.119 e. The number of hydrogen-bond donors (Lipinski definition) is 0. The van der Waals surface area contributed by atoms with Crippen molar-refractivity contribution in [1.29, 1.82) is 0 Å². The number of unbranched alkanes of at least 4 members (excludes halogenated alkanes) is 2. The van der Waals surface area contributed by atoms with Crippen molar-refractivity contribution in [2.45, 2.75) is 26.2 Å². The molecule has 0 aromatic heterocycles. The predicted octanol–water partition coefficient (Wildman–Crippen LogP) is 5.66. The first-order valence-electron chi connectivity index (χ1n) is 7.30. The molecule has 2 aromatic rings. The quantitative estimate of drug-likeness (QED) is 0.477. The second kappa shape index (κ2) is 8.48. The molecule has 0 aliphatic rings. The van der Waals surface area contributed by atoms with Crippen LogP contribution in [0.25, 0.3) is 0 Å². The highest BCUT2D eigenvalue weighted by atomic mass is 35.5. The molecule has 3 heteroatoms. The fraction of sp³-hybridized carbons (Fsp3) is 0.278. The molecule has 0 N–H and O–H groups in total. The minimum Gasteiger partial charge on any atom is -0.494 e. The van der Waals surface area contributed by atoms with Crippen LogP contribution in [0.4, 0.5) is 5.69 Å². The lowest BCUT2D eigenvalue weighted by Crippen LogP contribution is -1.96. The first kappa shape index (κ1) is 15.6. The third kappa shape index (κ3) is 5.60. The van der Waals surface area contributed by atoms with Crippen LogP contribution in [0.5, 0.6) is 5.75 Å². The molecule has 0 heterocycles. The maximum atomic E-state index is 5.85. The lowest BCUT2D eigenvalue weighted by Gasteiger charge is -2.05. The zero-order chi connectivity index (χ0) is 14.9. The molecule has 2 nitrogen and oxygen atoms in total. The molecule has 0 spiro atoms. The van der Waals surface area contributed by atoms with Gasteiger partial charge < -0.3 is 4.74 Å². The van der Waals surface area contributed by atoms with E-state index in [9.17, 15) is 0 Å². The van der Waals surface area contributed by atoms with Gasteiger partial charge in [0, 0.05) is 11.2 Å². The molecule has 0 aliphatic heterocycles. The molecule has 0 radical (unpaired) electrons. The molecule has 0 saturated carbocycles. The van der Waals surface area contributed by atoms with E-state index in [1.54, 1.807) is 0 Å². The first-order valence-corrected chi connectivity index (χ1v) is 7.68. The Morgan fingerprint density at radius 1 is 1.00 bits per heavy atom. The van der Waals surface area contributed by atoms with Gasteiger partial charge in [-0.1, -0.05) is 43.5 Å². The summed E-state index contributed by atoms with van der Waals surface area (Å²) >= 11 is 5.85. The first-order chi connectivity index (χ1) is 10.3. The van der Waals surface area contributed by atoms with Crippen LogP contribution in [-0.4, -0.2) is 12.8 Å². The minimum absolute atomic E-state index is 0.733. The highest BCUT2D eigenvalue weighted by molar-refractivity contribution is 6.30. The molecule has 0 aliphatic carbocycles. The van der Waals surface area contributed by atoms with E-state index in [1.165, 1.54) is 12.8 Å². The number of hydrogen-bond acceptors (Lipinski definition) is 2. The van der Waals surface area contributed by atoms with E-state index in [2.05, 4.69) is 11.9 Å². The molecule has 110 valence electrons. The lowest BCUT2D eigenvalue weighted by atomic mass is 10.2. The lowest BCUT2D eigenvalue weighted by molar-refractivity contribution is 0.306. The zero-order valence-electron chi connectivity index (χ0n) is 12.3. The molecule has 0 unspecified atom stereocenters. The van der Waals surface area contributed by atoms with Gasteiger partial charge in [0.25, 0.3) is 0 Å². The molecular weight excluding hydrogens is 282 g/mol. The molecule has 2 rings (SSSR count). The summed E-state index contributed by atoms with van der Waals surface area (Å²) in [6.45, 7) is 2.97. The van der Waals surface area contributed by atoms with Gasteiger partial charge in [0.1, 0.15) is 5.75 Å². The second-order valence-corrected chi connectivity index (χ2v) is 5.30. The second-order valence-electron chi connectivity index (χ2n) is 4.86. The van der Waals surface area contributed by atoms with Gasteiger partial charge in [0.2, 0.25) is 0 Å². The molecule has 21 heavy (non-hydrogen) atoms. The van der Waals surface area contributed by atoms with E-state index in [0.717, 1.165) is 35.1 Å². The van der Waals surface area contributed by atoms with Crippen LogP contribution in [0, 0.1) is 0 Å². The standard InChI is InChI=1S/C18H20ClNO/c1-2-3-4-13-21-18-11-9-17(10-12-18)20-14-15-5-7-16(19)8-6-15/h5-12,14H,2-4,13H2,1H3. The average Bonchev–Trinajstić information content (AvgIpc) is 2.52. The van der Waals surface area contributed by atoms with Crippen molar-refractivity contribution in [2.75, 3.05) is 6.61 Å². The summed E-state index contributed by atoms with van der Waals surface area (Å²) in [4.78, 5) is 4.43. The largest absolute Gasteiger partial charge is 0.494 e. The molecular formula is C18H20ClNO. The number of aliphatic imine (C=N–C) groups is 1. The van der Waals surface area contributed by atoms with E-state index in [0.29, 0.717) is 0 Å². The monoisotopic (exact) mass is 301 g/mol. The zero-order valence-corrected chi connectivity index (χ0v) is 13.0. The maximum absolute atomic E-state index is 5.85. The van der Waals surface area contributed by atoms with Gasteiger partial charge >= 0.3 is 0 Å². The minimum atomic E-state index is 0.733. The van der Waals surface area contributed by atoms with Gasteiger partial charge in [-0.2, -0.15) is 0 Å². The molecule has 0 saturated heterocycles. The van der Waals surface area contributed by atoms with Crippen molar-refractivity contribution in [1.82, 2.24) is 0 Å². The van der Waals surface area contributed by atoms with E-state index >= 15 is 0 Å². The fourth-order valence-corrected chi connectivity index (χ4v) is 1.99. The van der Waals surface area contributed by atoms with Crippen LogP contribution in [0.3, 0.4) is 0 Å². The summed E-state index contributed by atoms with van der Waals surface area (Å²) in [6.07, 6.45) is 5.35. The molecule has 0 fully saturated rings. The van der Waals surface area contributed by atoms with Gasteiger partial charge in [-0.3, -0.25) is 4.99 Å². The Morgan fingerprint density at radius 2 is 1.71 bits per heavy atom. The third-order valence-electron chi connectivity index (χ3n) is 3.09. The highest BCUT2D eigenvalue weighted by Gasteiger charge is 1.95. The third-order valence-corrected chi connectivity index (χ3v) is 3.34. The van der Waals surface area contributed by atoms with E-state index in [-0.39, 0.29) is 0 Å². The Balaban J connectivity index is 1.88. The van der Waals surface area contributed by atoms with E-state index < -0.39 is 0 Å². The number of halogens is 1. The Hall–Kier alpha value is -1.80. The number of ether oxygens (including phenoxy) is 1. The van der Waals surface area contributed by atoms with Crippen molar-refractivity contribution in [3.05, 3.63) is 59.1 Å². The van der Waals surface area contributed by atoms with Crippen LogP contribution >= 0.6 is 11.6 Å². The molecule has 0 amide bonds. The summed E-state index contributed by atoms with van der Waals surface area (Å²) in [5.41, 5.74) is 1.94. The molecule has 2 aromatic carbocycles. The van der Waals surface area contributed by atoms with Crippen LogP contribution < -0.4 is 4.74 Å². The topological polar surface area (TPSA) is 21.6 Å². The summed E-state index contributed by atoms with van der Waals surface area (Å²) in [6, 6.07) is 15.4. The normalized spacial score (nSPS) is 11.0. The number of nitrogens with zero attached hydrogens (tertiary/aromatic N) is 1. The van der Waals surface area contributed by atoms with Crippen LogP contribution in [0.15, 0.2) is 53.5 Å². The van der Waals surface area contributed by atoms with E-state index in [4.69, 9.17) is 16.3 Å². The highest BCUT2D eigenvalue weighted by Crippen LogP contribution is 2.18. The SMILES string of the molecule is CCCCCOc1ccc(N=Cc2ccc(Cl)cc2)cc1. The van der Waals surface area contributed by atoms with Gasteiger partial charge in [-0.25, -0.2) is 0 Å². The summed E-state index contributed by atoms with van der Waals surface area (Å²) < 4.78 is 5.67. The summed E-state index contributed by atoms with van der Waals surface area (Å²) in [5, 5.41) is 0.733. The van der Waals surface area contributed by atoms with E-state index in [1.807, 2.05) is 54.7 Å². The Labute approximate surface area is 131 Å². The average molecular weight is 302 g/mol. The van der Waals surface area contributed by atoms with Crippen molar-refractivity contribution < 1.29 is 4.74 Å². The van der Waals surface area contributed by atoms with Crippen molar-refractivity contribution in [3.8, 4) is 5.75 Å². The summed E-state index contributed by atoms with van der Waals surface area (Å²) in [5.74, 6) is 0.900. The number of benzene rings is 2. The van der Waals surface area contributed by atoms with Gasteiger partial charge in [-0.15, -0.1) is 0 Å².